The molecule has 0 aliphatic heterocycles. The van der Waals surface area contributed by atoms with Crippen LogP contribution < -0.4 is 16.4 Å². The van der Waals surface area contributed by atoms with Gasteiger partial charge in [-0.25, -0.2) is 9.59 Å². The molecule has 0 spiro atoms. The standard InChI is InChI=1S/C25H49N3O5.C2HF3O2/c1-2-3-4-5-6-7-8-9-10-11-12-13-14-18-23(30)27-21(17-15-16-19-26)24(31)28-22(20-29)25(32)33;3-2(4,5)1(6)7/h21-22,29H,2-20,26H2,1H3,(H,27,30)(H,28,31)(H,32,33);(H,6,7)/t21-,22-;/m0./s1. The molecule has 0 bridgehead atoms. The number of nitrogens with one attached hydrogen (secondary N) is 2. The second-order valence-corrected chi connectivity index (χ2v) is 9.78. The van der Waals surface area contributed by atoms with Crippen molar-refractivity contribution in [1.29, 1.82) is 0 Å². The maximum absolute atomic E-state index is 12.4. The molecule has 0 saturated carbocycles. The number of aliphatic hydroxyl groups excluding tert-OH is 1. The fourth-order valence-electron chi connectivity index (χ4n) is 3.79. The van der Waals surface area contributed by atoms with E-state index in [0.29, 0.717) is 32.2 Å². The molecule has 0 unspecified atom stereocenters. The van der Waals surface area contributed by atoms with Crippen molar-refractivity contribution in [1.82, 2.24) is 10.6 Å². The summed E-state index contributed by atoms with van der Waals surface area (Å²) in [6.45, 7) is 2.02. The Morgan fingerprint density at radius 1 is 0.725 bits per heavy atom. The first-order chi connectivity index (χ1) is 18.9. The van der Waals surface area contributed by atoms with Crippen LogP contribution in [0.15, 0.2) is 0 Å². The molecule has 13 heteroatoms. The number of carboxylic acid groups (broad SMARTS) is 2. The molecule has 0 aromatic rings. The number of alkyl halides is 3. The first-order valence-electron chi connectivity index (χ1n) is 14.3. The van der Waals surface area contributed by atoms with Crippen LogP contribution >= 0.6 is 0 Å². The van der Waals surface area contributed by atoms with E-state index in [1.165, 1.54) is 64.2 Å². The zero-order valence-electron chi connectivity index (χ0n) is 23.8. The lowest BCUT2D eigenvalue weighted by atomic mass is 10.0. The van der Waals surface area contributed by atoms with Gasteiger partial charge in [0.05, 0.1) is 6.61 Å². The van der Waals surface area contributed by atoms with E-state index in [9.17, 15) is 27.6 Å². The van der Waals surface area contributed by atoms with Crippen LogP contribution in [0.5, 0.6) is 0 Å². The van der Waals surface area contributed by atoms with Gasteiger partial charge in [-0.15, -0.1) is 0 Å². The van der Waals surface area contributed by atoms with E-state index in [2.05, 4.69) is 17.6 Å². The number of carbonyl (C=O) groups is 4. The second kappa shape index (κ2) is 25.6. The number of aliphatic carboxylic acids is 2. The minimum atomic E-state index is -5.08. The van der Waals surface area contributed by atoms with Crippen molar-refractivity contribution in [3.8, 4) is 0 Å². The van der Waals surface area contributed by atoms with E-state index in [1.54, 1.807) is 0 Å². The number of carboxylic acids is 2. The Labute approximate surface area is 235 Å². The van der Waals surface area contributed by atoms with Crippen molar-refractivity contribution in [2.24, 2.45) is 5.73 Å². The number of halogens is 3. The Kier molecular flexibility index (Phi) is 25.4. The minimum Gasteiger partial charge on any atom is -0.480 e. The van der Waals surface area contributed by atoms with Gasteiger partial charge in [0.25, 0.3) is 0 Å². The molecule has 0 aromatic heterocycles. The van der Waals surface area contributed by atoms with E-state index in [-0.39, 0.29) is 5.91 Å². The topological polar surface area (TPSA) is 179 Å². The van der Waals surface area contributed by atoms with E-state index in [1.807, 2.05) is 0 Å². The summed E-state index contributed by atoms with van der Waals surface area (Å²) in [6, 6.07) is -2.20. The Balaban J connectivity index is 0. The van der Waals surface area contributed by atoms with Gasteiger partial charge in [0.2, 0.25) is 11.8 Å². The molecular formula is C27H50F3N3O7. The normalized spacial score (nSPS) is 12.6. The molecule has 7 N–H and O–H groups in total. The fraction of sp³-hybridized carbons (Fsp3) is 0.852. The van der Waals surface area contributed by atoms with Gasteiger partial charge in [-0.2, -0.15) is 13.2 Å². The highest BCUT2D eigenvalue weighted by Gasteiger charge is 2.38. The third-order valence-electron chi connectivity index (χ3n) is 6.15. The van der Waals surface area contributed by atoms with Crippen LogP contribution in [0.4, 0.5) is 13.2 Å². The summed E-state index contributed by atoms with van der Waals surface area (Å²) in [5, 5.41) is 30.2. The van der Waals surface area contributed by atoms with Crippen molar-refractivity contribution < 1.29 is 47.7 Å². The van der Waals surface area contributed by atoms with Crippen molar-refractivity contribution in [3.05, 3.63) is 0 Å². The van der Waals surface area contributed by atoms with Crippen molar-refractivity contribution >= 4 is 23.8 Å². The number of hydrogen-bond donors (Lipinski definition) is 6. The van der Waals surface area contributed by atoms with Crippen LogP contribution in [0, 0.1) is 0 Å². The molecule has 2 amide bonds. The molecule has 0 aliphatic rings. The van der Waals surface area contributed by atoms with Crippen LogP contribution in [-0.2, 0) is 19.2 Å². The summed E-state index contributed by atoms with van der Waals surface area (Å²) in [5.74, 6) is -4.87. The quantitative estimate of drug-likeness (QED) is 0.0962. The van der Waals surface area contributed by atoms with E-state index < -0.39 is 42.7 Å². The Hall–Kier alpha value is -2.41. The number of nitrogens with two attached hydrogens (primary N) is 1. The molecule has 0 fully saturated rings. The van der Waals surface area contributed by atoms with E-state index in [4.69, 9.17) is 25.8 Å². The summed E-state index contributed by atoms with van der Waals surface area (Å²) < 4.78 is 31.7. The maximum Gasteiger partial charge on any atom is 0.490 e. The number of amides is 2. The smallest absolute Gasteiger partial charge is 0.480 e. The van der Waals surface area contributed by atoms with Crippen LogP contribution in [0.1, 0.15) is 116 Å². The van der Waals surface area contributed by atoms with Crippen LogP contribution in [0.3, 0.4) is 0 Å². The van der Waals surface area contributed by atoms with Gasteiger partial charge >= 0.3 is 18.1 Å². The Morgan fingerprint density at radius 2 is 1.18 bits per heavy atom. The molecule has 236 valence electrons. The Bertz CT molecular complexity index is 695. The highest BCUT2D eigenvalue weighted by Crippen LogP contribution is 2.14. The molecule has 10 nitrogen and oxygen atoms in total. The summed E-state index contributed by atoms with van der Waals surface area (Å²) in [4.78, 5) is 44.6. The lowest BCUT2D eigenvalue weighted by molar-refractivity contribution is -0.192. The predicted octanol–water partition coefficient (Wildman–Crippen LogP) is 4.28. The molecular weight excluding hydrogens is 535 g/mol. The minimum absolute atomic E-state index is 0.207. The fourth-order valence-corrected chi connectivity index (χ4v) is 3.79. The summed E-state index contributed by atoms with van der Waals surface area (Å²) >= 11 is 0. The highest BCUT2D eigenvalue weighted by molar-refractivity contribution is 5.90. The SMILES string of the molecule is CCCCCCCCCCCCCCCC(=O)N[C@@H](CCCCN)C(=O)N[C@@H](CO)C(=O)O.O=C(O)C(F)(F)F. The average molecular weight is 586 g/mol. The van der Waals surface area contributed by atoms with Gasteiger partial charge in [0.15, 0.2) is 0 Å². The second-order valence-electron chi connectivity index (χ2n) is 9.78. The van der Waals surface area contributed by atoms with E-state index >= 15 is 0 Å². The molecule has 0 aromatic carbocycles. The number of unbranched alkanes of at least 4 members (excludes halogenated alkanes) is 13. The van der Waals surface area contributed by atoms with Gasteiger partial charge in [-0.05, 0) is 32.2 Å². The van der Waals surface area contributed by atoms with Crippen molar-refractivity contribution in [2.75, 3.05) is 13.2 Å². The molecule has 0 aliphatic carbocycles. The van der Waals surface area contributed by atoms with Gasteiger partial charge in [-0.3, -0.25) is 9.59 Å². The van der Waals surface area contributed by atoms with Crippen LogP contribution in [0.25, 0.3) is 0 Å². The Morgan fingerprint density at radius 3 is 1.55 bits per heavy atom. The molecule has 0 saturated heterocycles. The molecule has 0 heterocycles. The maximum atomic E-state index is 12.4. The van der Waals surface area contributed by atoms with Crippen LogP contribution in [-0.4, -0.2) is 70.5 Å². The molecule has 2 atom stereocenters. The van der Waals surface area contributed by atoms with Crippen molar-refractivity contribution in [2.45, 2.75) is 134 Å². The number of hydrogen-bond acceptors (Lipinski definition) is 6. The number of aliphatic hydroxyl groups is 1. The zero-order valence-corrected chi connectivity index (χ0v) is 23.8. The summed E-state index contributed by atoms with van der Waals surface area (Å²) in [5.41, 5.74) is 5.50. The predicted molar refractivity (Wildman–Crippen MR) is 145 cm³/mol. The van der Waals surface area contributed by atoms with Gasteiger partial charge in [-0.1, -0.05) is 84.0 Å². The molecule has 40 heavy (non-hydrogen) atoms. The molecule has 0 radical (unpaired) electrons. The van der Waals surface area contributed by atoms with Gasteiger partial charge < -0.3 is 31.7 Å². The monoisotopic (exact) mass is 585 g/mol. The molecule has 0 rings (SSSR count). The average Bonchev–Trinajstić information content (AvgIpc) is 2.88. The number of rotatable bonds is 23. The number of carbonyl (C=O) groups excluding carboxylic acids is 2. The van der Waals surface area contributed by atoms with Crippen molar-refractivity contribution in [3.63, 3.8) is 0 Å². The summed E-state index contributed by atoms with van der Waals surface area (Å²) in [7, 11) is 0. The lowest BCUT2D eigenvalue weighted by Crippen LogP contribution is -2.52. The zero-order chi connectivity index (χ0) is 30.8. The van der Waals surface area contributed by atoms with Gasteiger partial charge in [0.1, 0.15) is 12.1 Å². The largest absolute Gasteiger partial charge is 0.490 e. The van der Waals surface area contributed by atoms with Gasteiger partial charge in [0, 0.05) is 6.42 Å². The lowest BCUT2D eigenvalue weighted by Gasteiger charge is -2.20. The third-order valence-corrected chi connectivity index (χ3v) is 6.15. The van der Waals surface area contributed by atoms with Crippen LogP contribution in [0.2, 0.25) is 0 Å². The third kappa shape index (κ3) is 24.6. The van der Waals surface area contributed by atoms with E-state index in [0.717, 1.165) is 19.3 Å². The summed E-state index contributed by atoms with van der Waals surface area (Å²) in [6.07, 6.45) is 13.0. The highest BCUT2D eigenvalue weighted by atomic mass is 19.4. The first-order valence-corrected chi connectivity index (χ1v) is 14.3. The first kappa shape index (κ1) is 39.7.